The van der Waals surface area contributed by atoms with Crippen LogP contribution in [0.15, 0.2) is 149 Å². The summed E-state index contributed by atoms with van der Waals surface area (Å²) >= 11 is 0. The Labute approximate surface area is 563 Å². The van der Waals surface area contributed by atoms with Crippen LogP contribution in [0.1, 0.15) is 103 Å². The third kappa shape index (κ3) is 19.3. The molecule has 5 aromatic rings. The van der Waals surface area contributed by atoms with Gasteiger partial charge in [0, 0.05) is 100 Å². The number of rotatable bonds is 30. The van der Waals surface area contributed by atoms with E-state index in [1.54, 1.807) is 121 Å². The van der Waals surface area contributed by atoms with Gasteiger partial charge in [-0.05, 0) is 188 Å². The lowest BCUT2D eigenvalue weighted by atomic mass is 9.86. The smallest absolute Gasteiger partial charge is 0.349 e. The topological polar surface area (TPSA) is 267 Å². The molecular weight excluding hydrogens is 1210 g/mol. The Balaban J connectivity index is 1.60. The predicted octanol–water partition coefficient (Wildman–Crippen LogP) is 12.2. The maximum atomic E-state index is 15.0. The first-order chi connectivity index (χ1) is 46.4. The summed E-state index contributed by atoms with van der Waals surface area (Å²) in [7, 11) is 0. The molecule has 5 aromatic carbocycles. The lowest BCUT2D eigenvalue weighted by molar-refractivity contribution is -0.227. The number of carbonyl (C=O) groups is 5. The molecule has 4 unspecified atom stereocenters. The molecule has 6 rings (SSSR count). The molecule has 1 fully saturated rings. The van der Waals surface area contributed by atoms with Crippen LogP contribution >= 0.6 is 0 Å². The van der Waals surface area contributed by atoms with E-state index in [0.29, 0.717) is 93.3 Å². The van der Waals surface area contributed by atoms with E-state index >= 15 is 0 Å². The first kappa shape index (κ1) is 73.6. The minimum Gasteiger partial charge on any atom is -0.454 e. The second kappa shape index (κ2) is 36.7. The third-order valence-corrected chi connectivity index (χ3v) is 16.5. The van der Waals surface area contributed by atoms with Crippen LogP contribution in [-0.4, -0.2) is 126 Å². The van der Waals surface area contributed by atoms with Gasteiger partial charge in [0.1, 0.15) is 70.4 Å². The van der Waals surface area contributed by atoms with E-state index in [1.807, 2.05) is 99.6 Å². The first-order valence-electron chi connectivity index (χ1n) is 32.3. The molecule has 1 saturated carbocycles. The quantitative estimate of drug-likeness (QED) is 0.0179. The van der Waals surface area contributed by atoms with Gasteiger partial charge in [0.2, 0.25) is 0 Å². The van der Waals surface area contributed by atoms with Crippen LogP contribution in [0.3, 0.4) is 0 Å². The number of esters is 5. The summed E-state index contributed by atoms with van der Waals surface area (Å²) in [6.45, 7) is 26.9. The van der Waals surface area contributed by atoms with Crippen molar-refractivity contribution >= 4 is 88.7 Å². The maximum Gasteiger partial charge on any atom is 0.349 e. The number of carbonyl (C=O) groups excluding carboxylic acids is 5. The fraction of sp³-hybridized carbons (Fsp3) is 0.342. The molecule has 20 heteroatoms. The van der Waals surface area contributed by atoms with Crippen LogP contribution in [0.2, 0.25) is 0 Å². The Morgan fingerprint density at radius 3 is 0.635 bits per heavy atom. The molecule has 496 valence electrons. The highest BCUT2D eigenvalue weighted by Crippen LogP contribution is 2.36. The van der Waals surface area contributed by atoms with Gasteiger partial charge >= 0.3 is 29.8 Å². The van der Waals surface area contributed by atoms with Gasteiger partial charge in [-0.3, -0.25) is 0 Å². The number of nitriles is 5. The van der Waals surface area contributed by atoms with Crippen LogP contribution in [0.4, 0.5) is 28.4 Å². The minimum absolute atomic E-state index is 0.368. The Kier molecular flexibility index (Phi) is 28.2. The Hall–Kier alpha value is -11.4. The van der Waals surface area contributed by atoms with Crippen molar-refractivity contribution in [1.82, 2.24) is 0 Å². The van der Waals surface area contributed by atoms with Gasteiger partial charge in [0.05, 0.1) is 0 Å². The summed E-state index contributed by atoms with van der Waals surface area (Å²) in [6, 6.07) is 44.1. The highest BCUT2D eigenvalue weighted by Gasteiger charge is 2.55. The Bertz CT molecular complexity index is 3670. The fourth-order valence-corrected chi connectivity index (χ4v) is 11.1. The monoisotopic (exact) mass is 1290 g/mol. The van der Waals surface area contributed by atoms with Gasteiger partial charge < -0.3 is 48.2 Å². The van der Waals surface area contributed by atoms with E-state index in [0.717, 1.165) is 28.4 Å². The fourth-order valence-electron chi connectivity index (χ4n) is 11.1. The largest absolute Gasteiger partial charge is 0.454 e. The Morgan fingerprint density at radius 2 is 0.469 bits per heavy atom. The molecule has 0 saturated heterocycles. The average Bonchev–Trinajstić information content (AvgIpc) is 2.48. The van der Waals surface area contributed by atoms with Crippen molar-refractivity contribution in [2.24, 2.45) is 0 Å². The molecule has 1 aliphatic carbocycles. The van der Waals surface area contributed by atoms with Crippen molar-refractivity contribution in [2.75, 3.05) is 89.9 Å². The molecule has 0 amide bonds. The van der Waals surface area contributed by atoms with Crippen LogP contribution in [0.5, 0.6) is 0 Å². The molecule has 0 heterocycles. The average molecular weight is 1300 g/mol. The molecule has 0 aromatic heterocycles. The summed E-state index contributed by atoms with van der Waals surface area (Å²) in [5.74, 6) is -6.80. The van der Waals surface area contributed by atoms with E-state index in [4.69, 9.17) is 23.7 Å². The second-order valence-electron chi connectivity index (χ2n) is 21.9. The van der Waals surface area contributed by atoms with Crippen LogP contribution < -0.4 is 24.5 Å². The van der Waals surface area contributed by atoms with Crippen LogP contribution in [0.25, 0.3) is 30.4 Å². The molecule has 0 N–H and O–H groups in total. The van der Waals surface area contributed by atoms with Crippen molar-refractivity contribution in [3.8, 4) is 30.3 Å². The number of ether oxygens (including phenoxy) is 5. The molecule has 20 nitrogen and oxygen atoms in total. The zero-order valence-corrected chi connectivity index (χ0v) is 56.2. The summed E-state index contributed by atoms with van der Waals surface area (Å²) < 4.78 is 31.0. The molecule has 0 spiro atoms. The molecule has 0 radical (unpaired) electrons. The van der Waals surface area contributed by atoms with Gasteiger partial charge in [-0.1, -0.05) is 60.7 Å². The van der Waals surface area contributed by atoms with Gasteiger partial charge in [-0.15, -0.1) is 0 Å². The van der Waals surface area contributed by atoms with E-state index in [1.165, 1.54) is 30.4 Å². The summed E-state index contributed by atoms with van der Waals surface area (Å²) in [5, 5.41) is 53.5. The zero-order valence-electron chi connectivity index (χ0n) is 56.2. The number of hydrogen-bond acceptors (Lipinski definition) is 20. The SMILES string of the molecule is CCN(CC)c1ccc(/C=C(\C#N)C(=O)OC2CC(OC(=O)/C(C#N)=C/c3ccc(N(CC)CC)cc3)C(OC(=O)/C(C#N)=C/c3ccc(N(CC)CC)cc3)C(OC(=O)/C(C#N)=C/c3ccc(N(CC)CC)cc3)C2OC(=O)/C(C#N)=C/c2ccc(N(CC)CC)cc2)cc1. The number of nitrogens with zero attached hydrogens (tertiary/aromatic N) is 10. The third-order valence-electron chi connectivity index (χ3n) is 16.5. The number of hydrogen-bond donors (Lipinski definition) is 0. The summed E-state index contributed by atoms with van der Waals surface area (Å²) in [6.07, 6.45) is -5.15. The van der Waals surface area contributed by atoms with E-state index in [2.05, 4.69) is 24.5 Å². The van der Waals surface area contributed by atoms with Gasteiger partial charge in [0.15, 0.2) is 18.3 Å². The van der Waals surface area contributed by atoms with Crippen molar-refractivity contribution in [1.29, 1.82) is 26.3 Å². The molecule has 0 aliphatic heterocycles. The van der Waals surface area contributed by atoms with Gasteiger partial charge in [0.25, 0.3) is 0 Å². The summed E-state index contributed by atoms with van der Waals surface area (Å²) in [5.41, 5.74) is 3.24. The van der Waals surface area contributed by atoms with Crippen LogP contribution in [-0.2, 0) is 47.7 Å². The van der Waals surface area contributed by atoms with Crippen molar-refractivity contribution in [3.63, 3.8) is 0 Å². The lowest BCUT2D eigenvalue weighted by Gasteiger charge is -2.43. The normalized spacial score (nSPS) is 16.3. The first-order valence-corrected chi connectivity index (χ1v) is 32.3. The Morgan fingerprint density at radius 1 is 0.302 bits per heavy atom. The maximum absolute atomic E-state index is 15.0. The molecule has 1 aliphatic rings. The highest BCUT2D eigenvalue weighted by atomic mass is 16.6. The number of benzene rings is 5. The zero-order chi connectivity index (χ0) is 69.8. The van der Waals surface area contributed by atoms with Crippen molar-refractivity contribution in [2.45, 2.75) is 106 Å². The minimum atomic E-state index is -2.29. The second-order valence-corrected chi connectivity index (χ2v) is 21.9. The lowest BCUT2D eigenvalue weighted by Crippen LogP contribution is -2.62. The van der Waals surface area contributed by atoms with E-state index < -0.39 is 94.7 Å². The molecular formula is C76H82N10O10. The predicted molar refractivity (Wildman–Crippen MR) is 372 cm³/mol. The van der Waals surface area contributed by atoms with E-state index in [9.17, 15) is 50.3 Å². The van der Waals surface area contributed by atoms with Gasteiger partial charge in [-0.25, -0.2) is 24.0 Å². The molecule has 0 bridgehead atoms. The standard InChI is InChI=1S/C76H82N10O10/c1-11-82(12-2)62-31-21-52(22-32-62)41-57(47-77)72(87)92-67-46-68(93-73(88)58(48-78)42-53-23-33-63(34-24-53)83(13-3)14-4)70(95-75(90)60(50-80)44-55-27-37-65(38-28-55)85(17-7)18-8)71(96-76(91)61(51-81)45-56-29-39-66(40-30-56)86(19-9)20-10)69(67)94-74(89)59(49-79)43-54-25-35-64(36-26-54)84(15-5)16-6/h21-45,67-71H,11-20,46H2,1-10H3/b57-41+,58-42+,59-43+,60-44+,61-45+. The summed E-state index contributed by atoms with van der Waals surface area (Å²) in [4.78, 5) is 84.7. The molecule has 4 atom stereocenters. The van der Waals surface area contributed by atoms with Gasteiger partial charge in [-0.2, -0.15) is 26.3 Å². The van der Waals surface area contributed by atoms with Crippen molar-refractivity contribution < 1.29 is 47.7 Å². The number of anilines is 5. The highest BCUT2D eigenvalue weighted by molar-refractivity contribution is 6.01. The van der Waals surface area contributed by atoms with Crippen molar-refractivity contribution in [3.05, 3.63) is 177 Å². The van der Waals surface area contributed by atoms with Crippen LogP contribution in [0, 0.1) is 56.7 Å². The molecule has 96 heavy (non-hydrogen) atoms. The van der Waals surface area contributed by atoms with E-state index in [-0.39, 0.29) is 0 Å².